The topological polar surface area (TPSA) is 61.4 Å². The van der Waals surface area contributed by atoms with Crippen LogP contribution < -0.4 is 10.6 Å². The SMILES string of the molecule is O=C(O)NCCC1=Cc2ccccc2CN1. The van der Waals surface area contributed by atoms with Crippen LogP contribution in [0.25, 0.3) is 6.08 Å². The zero-order valence-corrected chi connectivity index (χ0v) is 8.86. The first-order valence-corrected chi connectivity index (χ1v) is 5.25. The average molecular weight is 218 g/mol. The van der Waals surface area contributed by atoms with E-state index < -0.39 is 6.09 Å². The molecule has 0 spiro atoms. The van der Waals surface area contributed by atoms with Crippen molar-refractivity contribution in [1.82, 2.24) is 10.6 Å². The van der Waals surface area contributed by atoms with Gasteiger partial charge >= 0.3 is 6.09 Å². The van der Waals surface area contributed by atoms with Crippen LogP contribution in [0.4, 0.5) is 4.79 Å². The molecule has 1 heterocycles. The summed E-state index contributed by atoms with van der Waals surface area (Å²) in [5.74, 6) is 0. The molecule has 2 rings (SSSR count). The fraction of sp³-hybridized carbons (Fsp3) is 0.250. The molecule has 0 unspecified atom stereocenters. The first-order chi connectivity index (χ1) is 7.75. The highest BCUT2D eigenvalue weighted by Crippen LogP contribution is 2.18. The molecular formula is C12H14N2O2. The van der Waals surface area contributed by atoms with E-state index in [2.05, 4.69) is 28.8 Å². The van der Waals surface area contributed by atoms with Gasteiger partial charge in [0.2, 0.25) is 0 Å². The van der Waals surface area contributed by atoms with Crippen LogP contribution in [0.5, 0.6) is 0 Å². The molecule has 0 fully saturated rings. The second kappa shape index (κ2) is 4.70. The van der Waals surface area contributed by atoms with E-state index in [-0.39, 0.29) is 0 Å². The summed E-state index contributed by atoms with van der Waals surface area (Å²) in [6.45, 7) is 1.26. The maximum atomic E-state index is 10.3. The maximum Gasteiger partial charge on any atom is 0.404 e. The molecular weight excluding hydrogens is 204 g/mol. The molecule has 1 aromatic carbocycles. The van der Waals surface area contributed by atoms with Crippen molar-refractivity contribution in [3.05, 3.63) is 41.1 Å². The van der Waals surface area contributed by atoms with Crippen LogP contribution in [0.3, 0.4) is 0 Å². The Kier molecular flexibility index (Phi) is 3.10. The molecule has 1 aliphatic rings. The van der Waals surface area contributed by atoms with Crippen LogP contribution in [-0.2, 0) is 6.54 Å². The molecule has 4 heteroatoms. The van der Waals surface area contributed by atoms with Crippen LogP contribution in [-0.4, -0.2) is 17.7 Å². The lowest BCUT2D eigenvalue weighted by molar-refractivity contribution is 0.194. The van der Waals surface area contributed by atoms with E-state index >= 15 is 0 Å². The maximum absolute atomic E-state index is 10.3. The summed E-state index contributed by atoms with van der Waals surface area (Å²) in [6, 6.07) is 8.19. The van der Waals surface area contributed by atoms with Crippen LogP contribution in [0.2, 0.25) is 0 Å². The molecule has 1 amide bonds. The Hall–Kier alpha value is -1.97. The minimum absolute atomic E-state index is 0.441. The molecule has 16 heavy (non-hydrogen) atoms. The van der Waals surface area contributed by atoms with E-state index in [0.717, 1.165) is 12.2 Å². The molecule has 0 saturated carbocycles. The first kappa shape index (κ1) is 10.5. The third-order valence-corrected chi connectivity index (χ3v) is 2.56. The van der Waals surface area contributed by atoms with Gasteiger partial charge in [-0.15, -0.1) is 0 Å². The molecule has 0 atom stereocenters. The number of nitrogens with one attached hydrogen (secondary N) is 2. The Balaban J connectivity index is 1.98. The minimum atomic E-state index is -0.975. The second-order valence-electron chi connectivity index (χ2n) is 3.70. The molecule has 84 valence electrons. The van der Waals surface area contributed by atoms with Gasteiger partial charge in [-0.05, 0) is 17.2 Å². The van der Waals surface area contributed by atoms with E-state index in [9.17, 15) is 4.79 Å². The number of fused-ring (bicyclic) bond motifs is 1. The van der Waals surface area contributed by atoms with Crippen molar-refractivity contribution in [2.24, 2.45) is 0 Å². The molecule has 1 aromatic rings. The van der Waals surface area contributed by atoms with Gasteiger partial charge in [-0.1, -0.05) is 24.3 Å². The fourth-order valence-electron chi connectivity index (χ4n) is 1.75. The van der Waals surface area contributed by atoms with E-state index in [1.54, 1.807) is 0 Å². The van der Waals surface area contributed by atoms with E-state index in [0.29, 0.717) is 13.0 Å². The summed E-state index contributed by atoms with van der Waals surface area (Å²) >= 11 is 0. The number of carboxylic acid groups (broad SMARTS) is 1. The molecule has 0 radical (unpaired) electrons. The fourth-order valence-corrected chi connectivity index (χ4v) is 1.75. The molecule has 4 nitrogen and oxygen atoms in total. The summed E-state index contributed by atoms with van der Waals surface area (Å²) < 4.78 is 0. The first-order valence-electron chi connectivity index (χ1n) is 5.25. The van der Waals surface area contributed by atoms with Crippen LogP contribution in [0, 0.1) is 0 Å². The molecule has 1 aliphatic heterocycles. The highest BCUT2D eigenvalue weighted by Gasteiger charge is 2.08. The van der Waals surface area contributed by atoms with Crippen molar-refractivity contribution in [1.29, 1.82) is 0 Å². The number of amides is 1. The lowest BCUT2D eigenvalue weighted by Gasteiger charge is -2.18. The smallest absolute Gasteiger partial charge is 0.404 e. The van der Waals surface area contributed by atoms with Crippen LogP contribution in [0.1, 0.15) is 17.5 Å². The van der Waals surface area contributed by atoms with Crippen molar-refractivity contribution >= 4 is 12.2 Å². The molecule has 0 aromatic heterocycles. The Morgan fingerprint density at radius 1 is 1.44 bits per heavy atom. The number of hydrogen-bond donors (Lipinski definition) is 3. The normalized spacial score (nSPS) is 13.4. The van der Waals surface area contributed by atoms with Gasteiger partial charge in [0.05, 0.1) is 0 Å². The monoisotopic (exact) mass is 218 g/mol. The predicted molar refractivity (Wildman–Crippen MR) is 61.9 cm³/mol. The number of rotatable bonds is 3. The van der Waals surface area contributed by atoms with E-state index in [1.807, 2.05) is 12.1 Å². The van der Waals surface area contributed by atoms with Crippen molar-refractivity contribution in [2.45, 2.75) is 13.0 Å². The van der Waals surface area contributed by atoms with Crippen LogP contribution >= 0.6 is 0 Å². The van der Waals surface area contributed by atoms with Crippen molar-refractivity contribution in [3.8, 4) is 0 Å². The van der Waals surface area contributed by atoms with Gasteiger partial charge in [-0.3, -0.25) is 0 Å². The highest BCUT2D eigenvalue weighted by atomic mass is 16.4. The van der Waals surface area contributed by atoms with Gasteiger partial charge in [0.15, 0.2) is 0 Å². The Labute approximate surface area is 94.0 Å². The van der Waals surface area contributed by atoms with Gasteiger partial charge in [0.1, 0.15) is 0 Å². The van der Waals surface area contributed by atoms with Gasteiger partial charge in [-0.25, -0.2) is 4.79 Å². The van der Waals surface area contributed by atoms with Gasteiger partial charge in [0, 0.05) is 25.2 Å². The molecule has 0 bridgehead atoms. The largest absolute Gasteiger partial charge is 0.465 e. The van der Waals surface area contributed by atoms with Gasteiger partial charge < -0.3 is 15.7 Å². The Bertz CT molecular complexity index is 427. The Morgan fingerprint density at radius 2 is 2.25 bits per heavy atom. The third-order valence-electron chi connectivity index (χ3n) is 2.56. The lowest BCUT2D eigenvalue weighted by Crippen LogP contribution is -2.25. The third kappa shape index (κ3) is 2.53. The standard InChI is InChI=1S/C12H14N2O2/c15-12(16)13-6-5-11-7-9-3-1-2-4-10(9)8-14-11/h1-4,7,13-14H,5-6,8H2,(H,15,16). The van der Waals surface area contributed by atoms with E-state index in [4.69, 9.17) is 5.11 Å². The molecule has 3 N–H and O–H groups in total. The number of benzene rings is 1. The number of hydrogen-bond acceptors (Lipinski definition) is 2. The van der Waals surface area contributed by atoms with E-state index in [1.165, 1.54) is 11.1 Å². The summed E-state index contributed by atoms with van der Waals surface area (Å²) in [5.41, 5.74) is 3.57. The van der Waals surface area contributed by atoms with Crippen LogP contribution in [0.15, 0.2) is 30.0 Å². The molecule has 0 saturated heterocycles. The predicted octanol–water partition coefficient (Wildman–Crippen LogP) is 1.79. The average Bonchev–Trinajstić information content (AvgIpc) is 2.28. The van der Waals surface area contributed by atoms with Gasteiger partial charge in [-0.2, -0.15) is 0 Å². The highest BCUT2D eigenvalue weighted by molar-refractivity contribution is 5.64. The van der Waals surface area contributed by atoms with Crippen molar-refractivity contribution in [2.75, 3.05) is 6.54 Å². The summed E-state index contributed by atoms with van der Waals surface area (Å²) in [4.78, 5) is 10.3. The quantitative estimate of drug-likeness (QED) is 0.724. The minimum Gasteiger partial charge on any atom is -0.465 e. The van der Waals surface area contributed by atoms with Gasteiger partial charge in [0.25, 0.3) is 0 Å². The Morgan fingerprint density at radius 3 is 3.06 bits per heavy atom. The number of carbonyl (C=O) groups is 1. The lowest BCUT2D eigenvalue weighted by atomic mass is 10.0. The van der Waals surface area contributed by atoms with Crippen molar-refractivity contribution in [3.63, 3.8) is 0 Å². The summed E-state index contributed by atoms with van der Waals surface area (Å²) in [5, 5.41) is 14.1. The summed E-state index contributed by atoms with van der Waals surface area (Å²) in [6.07, 6.45) is 1.79. The summed E-state index contributed by atoms with van der Waals surface area (Å²) in [7, 11) is 0. The second-order valence-corrected chi connectivity index (χ2v) is 3.70. The zero-order chi connectivity index (χ0) is 11.4. The zero-order valence-electron chi connectivity index (χ0n) is 8.86. The van der Waals surface area contributed by atoms with Crippen molar-refractivity contribution < 1.29 is 9.90 Å². The molecule has 0 aliphatic carbocycles.